The van der Waals surface area contributed by atoms with Gasteiger partial charge in [-0.1, -0.05) is 51.7 Å². The Morgan fingerprint density at radius 3 is 2.95 bits per heavy atom. The Kier molecular flexibility index (Phi) is 5.63. The third-order valence-electron chi connectivity index (χ3n) is 4.41. The molecule has 0 aromatic heterocycles. The highest BCUT2D eigenvalue weighted by atomic mass is 16.1. The Balaban J connectivity index is 2.09. The molecule has 0 aliphatic carbocycles. The highest BCUT2D eigenvalue weighted by Crippen LogP contribution is 2.28. The fraction of sp³-hybridized carbons (Fsp3) is 0.611. The molecule has 1 aromatic carbocycles. The third kappa shape index (κ3) is 3.62. The molecule has 1 N–H and O–H groups in total. The summed E-state index contributed by atoms with van der Waals surface area (Å²) in [6, 6.07) is 6.12. The van der Waals surface area contributed by atoms with Gasteiger partial charge in [0, 0.05) is 24.2 Å². The summed E-state index contributed by atoms with van der Waals surface area (Å²) in [5.74, 6) is 0.892. The molecule has 1 atom stereocenters. The second kappa shape index (κ2) is 7.47. The van der Waals surface area contributed by atoms with Crippen molar-refractivity contribution >= 4 is 11.5 Å². The van der Waals surface area contributed by atoms with Crippen LogP contribution in [-0.2, 0) is 6.42 Å². The highest BCUT2D eigenvalue weighted by molar-refractivity contribution is 5.99. The van der Waals surface area contributed by atoms with E-state index in [9.17, 15) is 4.79 Å². The van der Waals surface area contributed by atoms with Crippen LogP contribution in [0.4, 0.5) is 5.69 Å². The van der Waals surface area contributed by atoms with Crippen LogP contribution < -0.4 is 5.32 Å². The van der Waals surface area contributed by atoms with Gasteiger partial charge in [0.2, 0.25) is 0 Å². The molecule has 110 valence electrons. The van der Waals surface area contributed by atoms with Crippen LogP contribution in [0.15, 0.2) is 18.2 Å². The van der Waals surface area contributed by atoms with E-state index in [0.717, 1.165) is 31.4 Å². The molecule has 0 amide bonds. The fourth-order valence-corrected chi connectivity index (χ4v) is 3.09. The molecule has 1 unspecified atom stereocenters. The fourth-order valence-electron chi connectivity index (χ4n) is 3.09. The number of anilines is 1. The van der Waals surface area contributed by atoms with Gasteiger partial charge in [0.25, 0.3) is 0 Å². The summed E-state index contributed by atoms with van der Waals surface area (Å²) >= 11 is 0. The van der Waals surface area contributed by atoms with E-state index >= 15 is 0 Å². The quantitative estimate of drug-likeness (QED) is 0.721. The van der Waals surface area contributed by atoms with Crippen molar-refractivity contribution < 1.29 is 4.79 Å². The molecule has 1 heterocycles. The van der Waals surface area contributed by atoms with Crippen molar-refractivity contribution in [2.75, 3.05) is 11.9 Å². The molecule has 2 rings (SSSR count). The first-order valence-electron chi connectivity index (χ1n) is 8.15. The summed E-state index contributed by atoms with van der Waals surface area (Å²) in [7, 11) is 0. The van der Waals surface area contributed by atoms with Crippen molar-refractivity contribution in [2.45, 2.75) is 58.8 Å². The molecule has 2 nitrogen and oxygen atoms in total. The van der Waals surface area contributed by atoms with E-state index in [1.165, 1.54) is 30.5 Å². The van der Waals surface area contributed by atoms with Crippen LogP contribution in [-0.4, -0.2) is 12.3 Å². The van der Waals surface area contributed by atoms with Gasteiger partial charge in [-0.2, -0.15) is 0 Å². The number of hydrogen-bond acceptors (Lipinski definition) is 2. The van der Waals surface area contributed by atoms with Gasteiger partial charge in [0.15, 0.2) is 5.78 Å². The van der Waals surface area contributed by atoms with Crippen molar-refractivity contribution in [3.8, 4) is 0 Å². The molecule has 0 fully saturated rings. The molecule has 1 aliphatic rings. The van der Waals surface area contributed by atoms with Crippen LogP contribution in [0, 0.1) is 5.92 Å². The Morgan fingerprint density at radius 1 is 1.35 bits per heavy atom. The van der Waals surface area contributed by atoms with Crippen LogP contribution in [0.25, 0.3) is 0 Å². The number of ketones is 1. The van der Waals surface area contributed by atoms with Crippen LogP contribution in [0.2, 0.25) is 0 Å². The number of carbonyl (C=O) groups excluding carboxylic acids is 1. The molecular formula is C18H27NO. The third-order valence-corrected chi connectivity index (χ3v) is 4.41. The van der Waals surface area contributed by atoms with Crippen LogP contribution in [0.3, 0.4) is 0 Å². The SMILES string of the molecule is CCCCC(CC)CC(=O)c1cccc2c1CCCN2. The van der Waals surface area contributed by atoms with Crippen LogP contribution in [0.5, 0.6) is 0 Å². The molecule has 0 saturated heterocycles. The molecule has 1 aromatic rings. The van der Waals surface area contributed by atoms with E-state index < -0.39 is 0 Å². The summed E-state index contributed by atoms with van der Waals surface area (Å²) in [6.07, 6.45) is 7.63. The highest BCUT2D eigenvalue weighted by Gasteiger charge is 2.19. The van der Waals surface area contributed by atoms with E-state index in [4.69, 9.17) is 0 Å². The standard InChI is InChI=1S/C18H27NO/c1-3-5-8-14(4-2)13-18(20)16-9-6-11-17-15(16)10-7-12-19-17/h6,9,11,14,19H,3-5,7-8,10,12-13H2,1-2H3. The summed E-state index contributed by atoms with van der Waals surface area (Å²) in [6.45, 7) is 5.45. The van der Waals surface area contributed by atoms with Crippen LogP contribution in [0.1, 0.15) is 68.3 Å². The number of benzene rings is 1. The van der Waals surface area contributed by atoms with Crippen molar-refractivity contribution in [3.05, 3.63) is 29.3 Å². The van der Waals surface area contributed by atoms with Gasteiger partial charge in [0.1, 0.15) is 0 Å². The molecule has 20 heavy (non-hydrogen) atoms. The van der Waals surface area contributed by atoms with E-state index in [2.05, 4.69) is 25.2 Å². The first-order valence-corrected chi connectivity index (χ1v) is 8.15. The minimum absolute atomic E-state index is 0.341. The Labute approximate surface area is 123 Å². The average Bonchev–Trinajstić information content (AvgIpc) is 2.50. The van der Waals surface area contributed by atoms with Crippen molar-refractivity contribution in [3.63, 3.8) is 0 Å². The maximum absolute atomic E-state index is 12.6. The number of Topliss-reactive ketones (excluding diaryl/α,β-unsaturated/α-hetero) is 1. The Bertz CT molecular complexity index is 453. The first-order chi connectivity index (χ1) is 9.76. The van der Waals surface area contributed by atoms with Crippen molar-refractivity contribution in [1.82, 2.24) is 0 Å². The summed E-state index contributed by atoms with van der Waals surface area (Å²) in [5, 5.41) is 3.41. The van der Waals surface area contributed by atoms with Crippen LogP contribution >= 0.6 is 0 Å². The van der Waals surface area contributed by atoms with Gasteiger partial charge in [-0.3, -0.25) is 4.79 Å². The number of unbranched alkanes of at least 4 members (excludes halogenated alkanes) is 1. The second-order valence-corrected chi connectivity index (χ2v) is 5.91. The minimum atomic E-state index is 0.341. The van der Waals surface area contributed by atoms with Gasteiger partial charge in [-0.25, -0.2) is 0 Å². The zero-order valence-corrected chi connectivity index (χ0v) is 12.9. The number of nitrogens with one attached hydrogen (secondary N) is 1. The summed E-state index contributed by atoms with van der Waals surface area (Å²) < 4.78 is 0. The lowest BCUT2D eigenvalue weighted by atomic mass is 9.88. The van der Waals surface area contributed by atoms with Gasteiger partial charge in [0.05, 0.1) is 0 Å². The van der Waals surface area contributed by atoms with Crippen molar-refractivity contribution in [1.29, 1.82) is 0 Å². The van der Waals surface area contributed by atoms with E-state index in [-0.39, 0.29) is 0 Å². The zero-order chi connectivity index (χ0) is 14.4. The summed E-state index contributed by atoms with van der Waals surface area (Å²) in [5.41, 5.74) is 3.38. The molecule has 2 heteroatoms. The Hall–Kier alpha value is -1.31. The minimum Gasteiger partial charge on any atom is -0.385 e. The molecular weight excluding hydrogens is 246 g/mol. The maximum atomic E-state index is 12.6. The number of carbonyl (C=O) groups is 1. The number of rotatable bonds is 7. The number of hydrogen-bond donors (Lipinski definition) is 1. The molecule has 1 aliphatic heterocycles. The van der Waals surface area contributed by atoms with E-state index in [0.29, 0.717) is 18.1 Å². The van der Waals surface area contributed by atoms with E-state index in [1.54, 1.807) is 0 Å². The molecule has 0 saturated carbocycles. The smallest absolute Gasteiger partial charge is 0.163 e. The number of fused-ring (bicyclic) bond motifs is 1. The van der Waals surface area contributed by atoms with Gasteiger partial charge in [-0.05, 0) is 30.4 Å². The zero-order valence-electron chi connectivity index (χ0n) is 12.9. The Morgan fingerprint density at radius 2 is 2.20 bits per heavy atom. The predicted octanol–water partition coefficient (Wildman–Crippen LogP) is 4.83. The lowest BCUT2D eigenvalue weighted by molar-refractivity contribution is 0.0956. The monoisotopic (exact) mass is 273 g/mol. The van der Waals surface area contributed by atoms with Crippen molar-refractivity contribution in [2.24, 2.45) is 5.92 Å². The van der Waals surface area contributed by atoms with Gasteiger partial charge in [-0.15, -0.1) is 0 Å². The largest absolute Gasteiger partial charge is 0.385 e. The normalized spacial score (nSPS) is 15.3. The van der Waals surface area contributed by atoms with E-state index in [1.807, 2.05) is 12.1 Å². The van der Waals surface area contributed by atoms with Gasteiger partial charge >= 0.3 is 0 Å². The van der Waals surface area contributed by atoms with Gasteiger partial charge < -0.3 is 5.32 Å². The molecule has 0 bridgehead atoms. The average molecular weight is 273 g/mol. The topological polar surface area (TPSA) is 29.1 Å². The lowest BCUT2D eigenvalue weighted by Crippen LogP contribution is -2.17. The predicted molar refractivity (Wildman–Crippen MR) is 85.5 cm³/mol. The maximum Gasteiger partial charge on any atom is 0.163 e. The lowest BCUT2D eigenvalue weighted by Gasteiger charge is -2.21. The summed E-state index contributed by atoms with van der Waals surface area (Å²) in [4.78, 5) is 12.6. The molecule has 0 spiro atoms. The second-order valence-electron chi connectivity index (χ2n) is 5.91. The molecule has 0 radical (unpaired) electrons. The first kappa shape index (κ1) is 15.1.